The van der Waals surface area contributed by atoms with E-state index < -0.39 is 0 Å². The molecule has 0 amide bonds. The smallest absolute Gasteiger partial charge is 0.00391 e. The number of nitrogens with one attached hydrogen (secondary N) is 1. The predicted octanol–water partition coefficient (Wildman–Crippen LogP) is 1.93. The molecular weight excluding hydrogens is 122 g/mol. The standard InChI is InChI=1S/C9H17N/c1-8-3-6-9(7-10-8)4-2-5-9/h8,10H,2-7H2,1H3/t8-/m0/s1. The number of hydrogen-bond acceptors (Lipinski definition) is 1. The summed E-state index contributed by atoms with van der Waals surface area (Å²) in [6.45, 7) is 3.60. The quantitative estimate of drug-likeness (QED) is 0.540. The molecule has 0 radical (unpaired) electrons. The maximum Gasteiger partial charge on any atom is 0.00391 e. The summed E-state index contributed by atoms with van der Waals surface area (Å²) in [4.78, 5) is 0. The molecule has 0 bridgehead atoms. The van der Waals surface area contributed by atoms with Crippen LogP contribution >= 0.6 is 0 Å². The minimum atomic E-state index is 0.770. The summed E-state index contributed by atoms with van der Waals surface area (Å²) in [6, 6.07) is 0.784. The van der Waals surface area contributed by atoms with Gasteiger partial charge < -0.3 is 5.32 Å². The third-order valence-electron chi connectivity index (χ3n) is 3.35. The van der Waals surface area contributed by atoms with Gasteiger partial charge in [-0.1, -0.05) is 6.42 Å². The highest BCUT2D eigenvalue weighted by Crippen LogP contribution is 2.46. The molecule has 0 aromatic heterocycles. The van der Waals surface area contributed by atoms with Crippen molar-refractivity contribution in [2.45, 2.75) is 45.1 Å². The molecular formula is C9H17N. The van der Waals surface area contributed by atoms with Gasteiger partial charge in [-0.3, -0.25) is 0 Å². The van der Waals surface area contributed by atoms with Crippen LogP contribution < -0.4 is 5.32 Å². The Hall–Kier alpha value is -0.0400. The van der Waals surface area contributed by atoms with Crippen molar-refractivity contribution < 1.29 is 0 Å². The number of rotatable bonds is 0. The number of piperidine rings is 1. The molecule has 1 aliphatic carbocycles. The molecule has 58 valence electrons. The van der Waals surface area contributed by atoms with Gasteiger partial charge in [0.05, 0.1) is 0 Å². The zero-order valence-corrected chi connectivity index (χ0v) is 6.82. The summed E-state index contributed by atoms with van der Waals surface area (Å²) < 4.78 is 0. The Kier molecular flexibility index (Phi) is 1.48. The minimum absolute atomic E-state index is 0.770. The van der Waals surface area contributed by atoms with E-state index in [1.165, 1.54) is 38.6 Å². The van der Waals surface area contributed by atoms with Crippen LogP contribution in [0.5, 0.6) is 0 Å². The van der Waals surface area contributed by atoms with Crippen LogP contribution in [0.2, 0.25) is 0 Å². The van der Waals surface area contributed by atoms with Gasteiger partial charge in [0.25, 0.3) is 0 Å². The van der Waals surface area contributed by atoms with Crippen LogP contribution in [0.1, 0.15) is 39.0 Å². The highest BCUT2D eigenvalue weighted by atomic mass is 14.9. The molecule has 1 heterocycles. The lowest BCUT2D eigenvalue weighted by Crippen LogP contribution is -2.47. The third-order valence-corrected chi connectivity index (χ3v) is 3.35. The molecule has 1 saturated heterocycles. The molecule has 1 spiro atoms. The molecule has 1 saturated carbocycles. The largest absolute Gasteiger partial charge is 0.314 e. The fraction of sp³-hybridized carbons (Fsp3) is 1.00. The summed E-state index contributed by atoms with van der Waals surface area (Å²) in [7, 11) is 0. The lowest BCUT2D eigenvalue weighted by Gasteiger charge is -2.46. The summed E-state index contributed by atoms with van der Waals surface area (Å²) in [5.41, 5.74) is 0.770. The summed E-state index contributed by atoms with van der Waals surface area (Å²) >= 11 is 0. The van der Waals surface area contributed by atoms with Gasteiger partial charge in [0, 0.05) is 12.6 Å². The molecule has 0 unspecified atom stereocenters. The molecule has 10 heavy (non-hydrogen) atoms. The fourth-order valence-corrected chi connectivity index (χ4v) is 2.21. The third kappa shape index (κ3) is 0.968. The Morgan fingerprint density at radius 2 is 2.10 bits per heavy atom. The highest BCUT2D eigenvalue weighted by molar-refractivity contribution is 4.93. The second kappa shape index (κ2) is 2.23. The molecule has 1 N–H and O–H groups in total. The van der Waals surface area contributed by atoms with Crippen molar-refractivity contribution in [1.29, 1.82) is 0 Å². The zero-order chi connectivity index (χ0) is 7.03. The molecule has 1 heteroatoms. The first-order chi connectivity index (χ1) is 4.81. The normalized spacial score (nSPS) is 37.5. The van der Waals surface area contributed by atoms with Gasteiger partial charge in [-0.05, 0) is 38.0 Å². The first-order valence-corrected chi connectivity index (χ1v) is 4.54. The van der Waals surface area contributed by atoms with Crippen molar-refractivity contribution in [3.63, 3.8) is 0 Å². The van der Waals surface area contributed by atoms with Gasteiger partial charge in [0.2, 0.25) is 0 Å². The predicted molar refractivity (Wildman–Crippen MR) is 43.0 cm³/mol. The van der Waals surface area contributed by atoms with Gasteiger partial charge in [0.1, 0.15) is 0 Å². The maximum atomic E-state index is 3.57. The van der Waals surface area contributed by atoms with E-state index in [4.69, 9.17) is 0 Å². The van der Waals surface area contributed by atoms with Crippen LogP contribution in [0.4, 0.5) is 0 Å². The summed E-state index contributed by atoms with van der Waals surface area (Å²) in [5, 5.41) is 3.57. The molecule has 1 atom stereocenters. The van der Waals surface area contributed by atoms with Crippen molar-refractivity contribution >= 4 is 0 Å². The Balaban J connectivity index is 1.90. The molecule has 1 nitrogen and oxygen atoms in total. The molecule has 2 fully saturated rings. The van der Waals surface area contributed by atoms with Gasteiger partial charge in [0.15, 0.2) is 0 Å². The van der Waals surface area contributed by atoms with Crippen molar-refractivity contribution in [1.82, 2.24) is 5.32 Å². The Morgan fingerprint density at radius 3 is 2.50 bits per heavy atom. The maximum absolute atomic E-state index is 3.57. The van der Waals surface area contributed by atoms with Crippen molar-refractivity contribution in [3.8, 4) is 0 Å². The average molecular weight is 139 g/mol. The fourth-order valence-electron chi connectivity index (χ4n) is 2.21. The van der Waals surface area contributed by atoms with Crippen molar-refractivity contribution in [2.24, 2.45) is 5.41 Å². The van der Waals surface area contributed by atoms with Gasteiger partial charge in [-0.2, -0.15) is 0 Å². The first-order valence-electron chi connectivity index (χ1n) is 4.54. The molecule has 0 aromatic carbocycles. The van der Waals surface area contributed by atoms with Gasteiger partial charge in [-0.15, -0.1) is 0 Å². The van der Waals surface area contributed by atoms with E-state index >= 15 is 0 Å². The van der Waals surface area contributed by atoms with E-state index in [0.29, 0.717) is 0 Å². The SMILES string of the molecule is C[C@H]1CCC2(CCC2)CN1. The number of hydrogen-bond donors (Lipinski definition) is 1. The monoisotopic (exact) mass is 139 g/mol. The Labute approximate surface area is 63.2 Å². The van der Waals surface area contributed by atoms with Crippen LogP contribution in [0, 0.1) is 5.41 Å². The van der Waals surface area contributed by atoms with E-state index in [9.17, 15) is 0 Å². The van der Waals surface area contributed by atoms with Crippen LogP contribution in [0.15, 0.2) is 0 Å². The summed E-state index contributed by atoms with van der Waals surface area (Å²) in [6.07, 6.45) is 7.36. The second-order valence-corrected chi connectivity index (χ2v) is 4.17. The lowest BCUT2D eigenvalue weighted by atomic mass is 9.64. The zero-order valence-electron chi connectivity index (χ0n) is 6.82. The van der Waals surface area contributed by atoms with Crippen LogP contribution in [-0.4, -0.2) is 12.6 Å². The van der Waals surface area contributed by atoms with E-state index in [2.05, 4.69) is 12.2 Å². The van der Waals surface area contributed by atoms with Crippen LogP contribution in [-0.2, 0) is 0 Å². The molecule has 2 aliphatic rings. The van der Waals surface area contributed by atoms with Gasteiger partial charge >= 0.3 is 0 Å². The lowest BCUT2D eigenvalue weighted by molar-refractivity contribution is 0.0795. The van der Waals surface area contributed by atoms with E-state index in [1.54, 1.807) is 0 Å². The summed E-state index contributed by atoms with van der Waals surface area (Å²) in [5.74, 6) is 0. The first kappa shape index (κ1) is 6.66. The van der Waals surface area contributed by atoms with Gasteiger partial charge in [-0.25, -0.2) is 0 Å². The average Bonchev–Trinajstić information content (AvgIpc) is 1.86. The van der Waals surface area contributed by atoms with Crippen molar-refractivity contribution in [3.05, 3.63) is 0 Å². The van der Waals surface area contributed by atoms with E-state index in [1.807, 2.05) is 0 Å². The molecule has 1 aliphatic heterocycles. The van der Waals surface area contributed by atoms with Crippen LogP contribution in [0.3, 0.4) is 0 Å². The molecule has 2 rings (SSSR count). The minimum Gasteiger partial charge on any atom is -0.314 e. The Morgan fingerprint density at radius 1 is 1.30 bits per heavy atom. The Bertz CT molecular complexity index is 117. The van der Waals surface area contributed by atoms with Crippen molar-refractivity contribution in [2.75, 3.05) is 6.54 Å². The highest BCUT2D eigenvalue weighted by Gasteiger charge is 2.38. The van der Waals surface area contributed by atoms with E-state index in [-0.39, 0.29) is 0 Å². The second-order valence-electron chi connectivity index (χ2n) is 4.17. The molecule has 0 aromatic rings. The van der Waals surface area contributed by atoms with Crippen LogP contribution in [0.25, 0.3) is 0 Å². The van der Waals surface area contributed by atoms with E-state index in [0.717, 1.165) is 11.5 Å². The topological polar surface area (TPSA) is 12.0 Å².